The Hall–Kier alpha value is -2.42. The fraction of sp³-hybridized carbons (Fsp3) is 0.222. The molecule has 0 heterocycles. The van der Waals surface area contributed by atoms with E-state index in [-0.39, 0.29) is 18.1 Å². The minimum Gasteiger partial charge on any atom is -0.322 e. The van der Waals surface area contributed by atoms with Crippen molar-refractivity contribution in [2.75, 3.05) is 5.32 Å². The van der Waals surface area contributed by atoms with Gasteiger partial charge in [-0.15, -0.1) is 0 Å². The van der Waals surface area contributed by atoms with Gasteiger partial charge in [-0.05, 0) is 43.5 Å². The molecular formula is C18H19NO2. The first-order chi connectivity index (χ1) is 9.99. The molecule has 3 heteroatoms. The van der Waals surface area contributed by atoms with Gasteiger partial charge in [0.05, 0.1) is 0 Å². The van der Waals surface area contributed by atoms with Gasteiger partial charge in [-0.1, -0.05) is 36.4 Å². The van der Waals surface area contributed by atoms with Crippen molar-refractivity contribution >= 4 is 17.4 Å². The van der Waals surface area contributed by atoms with E-state index in [2.05, 4.69) is 5.32 Å². The van der Waals surface area contributed by atoms with E-state index in [1.807, 2.05) is 56.3 Å². The molecule has 0 aliphatic rings. The smallest absolute Gasteiger partial charge is 0.256 e. The Morgan fingerprint density at radius 2 is 1.62 bits per heavy atom. The van der Waals surface area contributed by atoms with E-state index in [9.17, 15) is 9.59 Å². The van der Waals surface area contributed by atoms with Crippen LogP contribution < -0.4 is 5.32 Å². The Labute approximate surface area is 125 Å². The molecular weight excluding hydrogens is 262 g/mol. The first kappa shape index (κ1) is 15.0. The van der Waals surface area contributed by atoms with Crippen molar-refractivity contribution in [3.05, 3.63) is 64.7 Å². The zero-order valence-electron chi connectivity index (χ0n) is 12.6. The number of amides is 1. The normalized spacial score (nSPS) is 10.2. The molecule has 0 radical (unpaired) electrons. The van der Waals surface area contributed by atoms with Crippen LogP contribution >= 0.6 is 0 Å². The van der Waals surface area contributed by atoms with E-state index in [1.54, 1.807) is 0 Å². The number of anilines is 1. The molecule has 2 rings (SSSR count). The number of Topliss-reactive ketones (excluding diaryl/α,β-unsaturated/α-hetero) is 1. The molecule has 21 heavy (non-hydrogen) atoms. The molecule has 0 unspecified atom stereocenters. The predicted molar refractivity (Wildman–Crippen MR) is 84.7 cm³/mol. The quantitative estimate of drug-likeness (QED) is 0.929. The molecule has 0 spiro atoms. The molecule has 3 nitrogen and oxygen atoms in total. The van der Waals surface area contributed by atoms with E-state index in [0.29, 0.717) is 5.56 Å². The summed E-state index contributed by atoms with van der Waals surface area (Å²) in [5.41, 5.74) is 4.04. The van der Waals surface area contributed by atoms with Crippen molar-refractivity contribution in [1.82, 2.24) is 0 Å². The Morgan fingerprint density at radius 3 is 2.29 bits per heavy atom. The summed E-state index contributed by atoms with van der Waals surface area (Å²) in [6.07, 6.45) is 0.276. The number of rotatable bonds is 4. The summed E-state index contributed by atoms with van der Waals surface area (Å²) in [4.78, 5) is 23.9. The van der Waals surface area contributed by atoms with E-state index in [0.717, 1.165) is 22.4 Å². The van der Waals surface area contributed by atoms with Crippen LogP contribution in [0.15, 0.2) is 42.5 Å². The zero-order valence-corrected chi connectivity index (χ0v) is 12.6. The maximum absolute atomic E-state index is 12.6. The van der Waals surface area contributed by atoms with Crippen LogP contribution in [0.3, 0.4) is 0 Å². The van der Waals surface area contributed by atoms with E-state index >= 15 is 0 Å². The van der Waals surface area contributed by atoms with Gasteiger partial charge in [-0.25, -0.2) is 0 Å². The zero-order chi connectivity index (χ0) is 15.4. The standard InChI is InChI=1S/C18H19NO2/c1-12-7-4-5-10-16(12)19-18(21)17-13(2)8-6-9-15(17)11-14(3)20/h4-10H,11H2,1-3H3,(H,19,21). The number of hydrogen-bond donors (Lipinski definition) is 1. The second-order valence-electron chi connectivity index (χ2n) is 5.26. The van der Waals surface area contributed by atoms with Gasteiger partial charge in [0.2, 0.25) is 0 Å². The number of benzene rings is 2. The first-order valence-corrected chi connectivity index (χ1v) is 6.94. The maximum atomic E-state index is 12.6. The maximum Gasteiger partial charge on any atom is 0.256 e. The Kier molecular flexibility index (Phi) is 4.53. The Bertz CT molecular complexity index is 689. The highest BCUT2D eigenvalue weighted by atomic mass is 16.1. The molecule has 0 aliphatic heterocycles. The van der Waals surface area contributed by atoms with Crippen molar-refractivity contribution in [1.29, 1.82) is 0 Å². The van der Waals surface area contributed by atoms with Crippen LogP contribution in [-0.4, -0.2) is 11.7 Å². The van der Waals surface area contributed by atoms with E-state index < -0.39 is 0 Å². The molecule has 0 aromatic heterocycles. The average Bonchev–Trinajstić information content (AvgIpc) is 2.40. The lowest BCUT2D eigenvalue weighted by Crippen LogP contribution is -2.17. The highest BCUT2D eigenvalue weighted by Gasteiger charge is 2.15. The minimum absolute atomic E-state index is 0.0468. The lowest BCUT2D eigenvalue weighted by Gasteiger charge is -2.13. The summed E-state index contributed by atoms with van der Waals surface area (Å²) < 4.78 is 0. The summed E-state index contributed by atoms with van der Waals surface area (Å²) in [5, 5.41) is 2.93. The lowest BCUT2D eigenvalue weighted by atomic mass is 9.97. The largest absolute Gasteiger partial charge is 0.322 e. The molecule has 1 amide bonds. The van der Waals surface area contributed by atoms with Gasteiger partial charge in [-0.2, -0.15) is 0 Å². The average molecular weight is 281 g/mol. The highest BCUT2D eigenvalue weighted by Crippen LogP contribution is 2.19. The van der Waals surface area contributed by atoms with Crippen molar-refractivity contribution < 1.29 is 9.59 Å². The summed E-state index contributed by atoms with van der Waals surface area (Å²) in [7, 11) is 0. The minimum atomic E-state index is -0.168. The van der Waals surface area contributed by atoms with Gasteiger partial charge in [0.1, 0.15) is 5.78 Å². The molecule has 0 fully saturated rings. The third-order valence-electron chi connectivity index (χ3n) is 3.42. The fourth-order valence-corrected chi connectivity index (χ4v) is 2.37. The van der Waals surface area contributed by atoms with Crippen LogP contribution in [-0.2, 0) is 11.2 Å². The van der Waals surface area contributed by atoms with Crippen molar-refractivity contribution in [3.63, 3.8) is 0 Å². The fourth-order valence-electron chi connectivity index (χ4n) is 2.37. The van der Waals surface area contributed by atoms with Gasteiger partial charge >= 0.3 is 0 Å². The van der Waals surface area contributed by atoms with Crippen LogP contribution in [0.2, 0.25) is 0 Å². The summed E-state index contributed by atoms with van der Waals surface area (Å²) in [6.45, 7) is 5.37. The van der Waals surface area contributed by atoms with Crippen LogP contribution in [0.25, 0.3) is 0 Å². The van der Waals surface area contributed by atoms with Gasteiger partial charge in [0.25, 0.3) is 5.91 Å². The van der Waals surface area contributed by atoms with E-state index in [1.165, 1.54) is 6.92 Å². The van der Waals surface area contributed by atoms with Crippen LogP contribution in [0.5, 0.6) is 0 Å². The second kappa shape index (κ2) is 6.35. The number of carbonyl (C=O) groups excluding carboxylic acids is 2. The van der Waals surface area contributed by atoms with Crippen molar-refractivity contribution in [2.45, 2.75) is 27.2 Å². The van der Waals surface area contributed by atoms with Crippen molar-refractivity contribution in [3.8, 4) is 0 Å². The lowest BCUT2D eigenvalue weighted by molar-refractivity contribution is -0.116. The summed E-state index contributed by atoms with van der Waals surface area (Å²) >= 11 is 0. The monoisotopic (exact) mass is 281 g/mol. The number of para-hydroxylation sites is 1. The van der Waals surface area contributed by atoms with Gasteiger partial charge in [-0.3, -0.25) is 9.59 Å². The molecule has 1 N–H and O–H groups in total. The van der Waals surface area contributed by atoms with Crippen LogP contribution in [0.1, 0.15) is 34.0 Å². The number of nitrogens with one attached hydrogen (secondary N) is 1. The third-order valence-corrected chi connectivity index (χ3v) is 3.42. The summed E-state index contributed by atoms with van der Waals surface area (Å²) in [5.74, 6) is -0.121. The number of ketones is 1. The number of aryl methyl sites for hydroxylation is 2. The third kappa shape index (κ3) is 3.57. The van der Waals surface area contributed by atoms with Crippen LogP contribution in [0.4, 0.5) is 5.69 Å². The predicted octanol–water partition coefficient (Wildman–Crippen LogP) is 3.69. The molecule has 2 aromatic carbocycles. The molecule has 0 bridgehead atoms. The van der Waals surface area contributed by atoms with Gasteiger partial charge in [0, 0.05) is 17.7 Å². The number of carbonyl (C=O) groups is 2. The first-order valence-electron chi connectivity index (χ1n) is 6.94. The van der Waals surface area contributed by atoms with Gasteiger partial charge < -0.3 is 5.32 Å². The molecule has 0 aliphatic carbocycles. The molecule has 108 valence electrons. The highest BCUT2D eigenvalue weighted by molar-refractivity contribution is 6.07. The Balaban J connectivity index is 2.35. The molecule has 0 saturated heterocycles. The molecule has 0 atom stereocenters. The van der Waals surface area contributed by atoms with E-state index in [4.69, 9.17) is 0 Å². The second-order valence-corrected chi connectivity index (χ2v) is 5.26. The Morgan fingerprint density at radius 1 is 0.952 bits per heavy atom. The molecule has 2 aromatic rings. The topological polar surface area (TPSA) is 46.2 Å². The number of hydrogen-bond acceptors (Lipinski definition) is 2. The van der Waals surface area contributed by atoms with Crippen molar-refractivity contribution in [2.24, 2.45) is 0 Å². The SMILES string of the molecule is CC(=O)Cc1cccc(C)c1C(=O)Nc1ccccc1C. The van der Waals surface area contributed by atoms with Gasteiger partial charge in [0.15, 0.2) is 0 Å². The van der Waals surface area contributed by atoms with Crippen LogP contribution in [0, 0.1) is 13.8 Å². The summed E-state index contributed by atoms with van der Waals surface area (Å²) in [6, 6.07) is 13.2. The molecule has 0 saturated carbocycles.